The number of H-pyrrole nitrogens is 1. The van der Waals surface area contributed by atoms with Crippen molar-refractivity contribution in [2.75, 3.05) is 23.7 Å². The molecule has 2 heterocycles. The number of pyridine rings is 1. The van der Waals surface area contributed by atoms with E-state index < -0.39 is 5.67 Å². The standard InChI is InChI=1S/C22H32FN7O/c1-5-9-30(22(6-2)7-8-22)20(31)28-18-13-27-29-19(18)17-10-16(15(11-24)12-25-17)26-14-21(3,4)23/h10-13,24H,5-9,14H2,1-4H3,(H,25,26)(H,27,29)(H,28,31). The van der Waals surface area contributed by atoms with E-state index in [1.165, 1.54) is 20.1 Å². The zero-order valence-electron chi connectivity index (χ0n) is 18.7. The van der Waals surface area contributed by atoms with Crippen molar-refractivity contribution in [3.8, 4) is 11.4 Å². The van der Waals surface area contributed by atoms with Crippen LogP contribution in [0.2, 0.25) is 0 Å². The second-order valence-electron chi connectivity index (χ2n) is 8.69. The molecule has 2 amide bonds. The Morgan fingerprint density at radius 3 is 2.68 bits per heavy atom. The molecule has 2 aromatic heterocycles. The molecule has 1 fully saturated rings. The number of nitrogens with zero attached hydrogens (tertiary/aromatic N) is 3. The Kier molecular flexibility index (Phi) is 6.62. The minimum absolute atomic E-state index is 0.0376. The molecular formula is C22H32FN7O. The molecular weight excluding hydrogens is 397 g/mol. The first-order valence-corrected chi connectivity index (χ1v) is 10.8. The molecule has 0 atom stereocenters. The summed E-state index contributed by atoms with van der Waals surface area (Å²) in [5.41, 5.74) is 1.33. The van der Waals surface area contributed by atoms with E-state index in [1.54, 1.807) is 18.5 Å². The van der Waals surface area contributed by atoms with E-state index in [0.717, 1.165) is 25.7 Å². The lowest BCUT2D eigenvalue weighted by Crippen LogP contribution is -2.44. The Balaban J connectivity index is 1.84. The third-order valence-electron chi connectivity index (χ3n) is 5.68. The predicted octanol–water partition coefficient (Wildman–Crippen LogP) is 4.82. The smallest absolute Gasteiger partial charge is 0.322 e. The zero-order chi connectivity index (χ0) is 22.6. The number of amides is 2. The van der Waals surface area contributed by atoms with Crippen molar-refractivity contribution >= 4 is 23.6 Å². The molecule has 0 spiro atoms. The van der Waals surface area contributed by atoms with Crippen molar-refractivity contribution in [2.24, 2.45) is 0 Å². The molecule has 31 heavy (non-hydrogen) atoms. The van der Waals surface area contributed by atoms with Gasteiger partial charge in [-0.15, -0.1) is 0 Å². The number of hydrogen-bond donors (Lipinski definition) is 4. The van der Waals surface area contributed by atoms with Crippen LogP contribution in [0.3, 0.4) is 0 Å². The summed E-state index contributed by atoms with van der Waals surface area (Å²) in [4.78, 5) is 19.4. The third kappa shape index (κ3) is 5.21. The summed E-state index contributed by atoms with van der Waals surface area (Å²) >= 11 is 0. The van der Waals surface area contributed by atoms with Crippen LogP contribution in [0.4, 0.5) is 20.6 Å². The van der Waals surface area contributed by atoms with Crippen LogP contribution >= 0.6 is 0 Å². The predicted molar refractivity (Wildman–Crippen MR) is 122 cm³/mol. The Hall–Kier alpha value is -2.97. The highest BCUT2D eigenvalue weighted by atomic mass is 19.1. The average molecular weight is 430 g/mol. The van der Waals surface area contributed by atoms with Gasteiger partial charge in [-0.2, -0.15) is 5.10 Å². The molecule has 3 rings (SSSR count). The first-order valence-electron chi connectivity index (χ1n) is 10.8. The molecule has 8 nitrogen and oxygen atoms in total. The fourth-order valence-corrected chi connectivity index (χ4v) is 3.67. The van der Waals surface area contributed by atoms with E-state index in [1.807, 2.05) is 4.90 Å². The van der Waals surface area contributed by atoms with E-state index >= 15 is 0 Å². The van der Waals surface area contributed by atoms with Gasteiger partial charge in [-0.3, -0.25) is 10.1 Å². The molecule has 1 aliphatic rings. The highest BCUT2D eigenvalue weighted by molar-refractivity contribution is 5.94. The highest BCUT2D eigenvalue weighted by Gasteiger charge is 2.48. The lowest BCUT2D eigenvalue weighted by atomic mass is 10.1. The van der Waals surface area contributed by atoms with Gasteiger partial charge in [0.15, 0.2) is 0 Å². The average Bonchev–Trinajstić information content (AvgIpc) is 3.40. The number of aromatic amines is 1. The van der Waals surface area contributed by atoms with E-state index in [4.69, 9.17) is 5.41 Å². The van der Waals surface area contributed by atoms with E-state index in [-0.39, 0.29) is 18.1 Å². The summed E-state index contributed by atoms with van der Waals surface area (Å²) in [6.45, 7) is 7.95. The lowest BCUT2D eigenvalue weighted by Gasteiger charge is -2.31. The summed E-state index contributed by atoms with van der Waals surface area (Å²) in [5.74, 6) is 0. The van der Waals surface area contributed by atoms with Crippen molar-refractivity contribution in [1.82, 2.24) is 20.1 Å². The Bertz CT molecular complexity index is 930. The molecule has 2 aromatic rings. The van der Waals surface area contributed by atoms with Gasteiger partial charge in [-0.25, -0.2) is 9.18 Å². The van der Waals surface area contributed by atoms with Crippen LogP contribution in [0.25, 0.3) is 11.4 Å². The Morgan fingerprint density at radius 2 is 2.10 bits per heavy atom. The van der Waals surface area contributed by atoms with Crippen molar-refractivity contribution in [1.29, 1.82) is 5.41 Å². The maximum atomic E-state index is 14.0. The fourth-order valence-electron chi connectivity index (χ4n) is 3.67. The quantitative estimate of drug-likeness (QED) is 0.406. The first kappa shape index (κ1) is 22.7. The van der Waals surface area contributed by atoms with Crippen molar-refractivity contribution in [3.05, 3.63) is 24.0 Å². The number of rotatable bonds is 10. The maximum absolute atomic E-state index is 14.0. The van der Waals surface area contributed by atoms with E-state index in [2.05, 4.69) is 39.7 Å². The Morgan fingerprint density at radius 1 is 1.35 bits per heavy atom. The molecule has 0 aliphatic heterocycles. The van der Waals surface area contributed by atoms with Crippen LogP contribution in [0.1, 0.15) is 58.9 Å². The molecule has 0 unspecified atom stereocenters. The molecule has 0 bridgehead atoms. The van der Waals surface area contributed by atoms with Gasteiger partial charge in [0.25, 0.3) is 0 Å². The van der Waals surface area contributed by atoms with Gasteiger partial charge >= 0.3 is 6.03 Å². The topological polar surface area (TPSA) is 110 Å². The summed E-state index contributed by atoms with van der Waals surface area (Å²) in [5, 5.41) is 20.6. The molecule has 0 saturated heterocycles. The highest BCUT2D eigenvalue weighted by Crippen LogP contribution is 2.45. The third-order valence-corrected chi connectivity index (χ3v) is 5.68. The van der Waals surface area contributed by atoms with Crippen LogP contribution in [-0.4, -0.2) is 56.6 Å². The lowest BCUT2D eigenvalue weighted by molar-refractivity contribution is 0.176. The van der Waals surface area contributed by atoms with Gasteiger partial charge in [0.1, 0.15) is 11.4 Å². The number of alkyl halides is 1. The minimum atomic E-state index is -1.41. The molecule has 1 saturated carbocycles. The van der Waals surface area contributed by atoms with Gasteiger partial charge in [0.05, 0.1) is 17.6 Å². The van der Waals surface area contributed by atoms with Crippen LogP contribution < -0.4 is 10.6 Å². The second kappa shape index (κ2) is 9.03. The van der Waals surface area contributed by atoms with Gasteiger partial charge in [0.2, 0.25) is 0 Å². The van der Waals surface area contributed by atoms with Gasteiger partial charge < -0.3 is 20.9 Å². The summed E-state index contributed by atoms with van der Waals surface area (Å²) in [6.07, 6.45) is 8.16. The van der Waals surface area contributed by atoms with Crippen molar-refractivity contribution < 1.29 is 9.18 Å². The molecule has 0 radical (unpaired) electrons. The number of halogens is 1. The maximum Gasteiger partial charge on any atom is 0.322 e. The van der Waals surface area contributed by atoms with Crippen LogP contribution in [0.5, 0.6) is 0 Å². The first-order chi connectivity index (χ1) is 14.7. The Labute approximate surface area is 182 Å². The van der Waals surface area contributed by atoms with Gasteiger partial charge in [-0.05, 0) is 45.6 Å². The summed E-state index contributed by atoms with van der Waals surface area (Å²) in [7, 11) is 0. The summed E-state index contributed by atoms with van der Waals surface area (Å²) in [6, 6.07) is 1.59. The molecule has 168 valence electrons. The molecule has 4 N–H and O–H groups in total. The summed E-state index contributed by atoms with van der Waals surface area (Å²) < 4.78 is 14.0. The number of anilines is 2. The zero-order valence-corrected chi connectivity index (χ0v) is 18.7. The van der Waals surface area contributed by atoms with E-state index in [0.29, 0.717) is 34.9 Å². The van der Waals surface area contributed by atoms with Crippen molar-refractivity contribution in [2.45, 2.75) is 64.6 Å². The number of hydrogen-bond acceptors (Lipinski definition) is 5. The number of urea groups is 1. The van der Waals surface area contributed by atoms with Crippen LogP contribution in [-0.2, 0) is 0 Å². The van der Waals surface area contributed by atoms with Crippen molar-refractivity contribution in [3.63, 3.8) is 0 Å². The number of nitrogens with one attached hydrogen (secondary N) is 4. The van der Waals surface area contributed by atoms with E-state index in [9.17, 15) is 9.18 Å². The second-order valence-corrected chi connectivity index (χ2v) is 8.69. The SMILES string of the molecule is CCCN(C(=O)Nc1cn[nH]c1-c1cc(NCC(C)(C)F)c(C=N)cn1)C1(CC)CC1. The van der Waals surface area contributed by atoms with Gasteiger partial charge in [-0.1, -0.05) is 13.8 Å². The number of carbonyl (C=O) groups excluding carboxylic acids is 1. The number of carbonyl (C=O) groups is 1. The number of aromatic nitrogens is 3. The monoisotopic (exact) mass is 429 g/mol. The largest absolute Gasteiger partial charge is 0.381 e. The molecule has 1 aliphatic carbocycles. The fraction of sp³-hybridized carbons (Fsp3) is 0.545. The van der Waals surface area contributed by atoms with Crippen LogP contribution in [0, 0.1) is 5.41 Å². The van der Waals surface area contributed by atoms with Gasteiger partial charge in [0, 0.05) is 42.3 Å². The normalized spacial score (nSPS) is 14.7. The van der Waals surface area contributed by atoms with Crippen LogP contribution in [0.15, 0.2) is 18.5 Å². The minimum Gasteiger partial charge on any atom is -0.381 e. The molecule has 0 aromatic carbocycles. The molecule has 9 heteroatoms.